The molecule has 0 radical (unpaired) electrons. The van der Waals surface area contributed by atoms with Crippen LogP contribution in [0.15, 0.2) is 30.6 Å². The van der Waals surface area contributed by atoms with Gasteiger partial charge in [0.15, 0.2) is 5.82 Å². The van der Waals surface area contributed by atoms with E-state index in [1.165, 1.54) is 0 Å². The van der Waals surface area contributed by atoms with Gasteiger partial charge in [0.2, 0.25) is 0 Å². The number of aliphatic hydroxyl groups excluding tert-OH is 1. The van der Waals surface area contributed by atoms with Gasteiger partial charge < -0.3 is 10.4 Å². The number of nitrogens with one attached hydrogen (secondary N) is 1. The van der Waals surface area contributed by atoms with Crippen molar-refractivity contribution in [1.29, 1.82) is 0 Å². The maximum absolute atomic E-state index is 12.5. The van der Waals surface area contributed by atoms with E-state index in [0.717, 1.165) is 12.1 Å². The van der Waals surface area contributed by atoms with Gasteiger partial charge in [0.1, 0.15) is 0 Å². The molecule has 0 aliphatic heterocycles. The van der Waals surface area contributed by atoms with Gasteiger partial charge in [-0.05, 0) is 38.8 Å². The standard InChI is InChI=1S/C16H22N4O2/c1-4-16(3,8-10-21)19-15(22)13-11-18-20(12(13)2)14-7-5-6-9-17-14/h5-7,9,11,21H,4,8,10H2,1-3H3,(H,19,22). The van der Waals surface area contributed by atoms with Crippen LogP contribution in [0.1, 0.15) is 42.7 Å². The number of carbonyl (C=O) groups is 1. The fourth-order valence-electron chi connectivity index (χ4n) is 2.26. The summed E-state index contributed by atoms with van der Waals surface area (Å²) < 4.78 is 1.64. The van der Waals surface area contributed by atoms with E-state index in [1.54, 1.807) is 17.1 Å². The molecule has 2 heterocycles. The van der Waals surface area contributed by atoms with Crippen molar-refractivity contribution in [1.82, 2.24) is 20.1 Å². The third-order valence-corrected chi connectivity index (χ3v) is 3.98. The smallest absolute Gasteiger partial charge is 0.255 e. The molecule has 6 heteroatoms. The van der Waals surface area contributed by atoms with E-state index in [2.05, 4.69) is 15.4 Å². The van der Waals surface area contributed by atoms with E-state index in [0.29, 0.717) is 17.8 Å². The van der Waals surface area contributed by atoms with Crippen molar-refractivity contribution in [3.8, 4) is 5.82 Å². The van der Waals surface area contributed by atoms with E-state index >= 15 is 0 Å². The van der Waals surface area contributed by atoms with Crippen molar-refractivity contribution < 1.29 is 9.90 Å². The van der Waals surface area contributed by atoms with Gasteiger partial charge in [-0.1, -0.05) is 13.0 Å². The number of pyridine rings is 1. The molecular weight excluding hydrogens is 280 g/mol. The summed E-state index contributed by atoms with van der Waals surface area (Å²) in [6.07, 6.45) is 4.50. The molecule has 0 aromatic carbocycles. The lowest BCUT2D eigenvalue weighted by Gasteiger charge is -2.28. The van der Waals surface area contributed by atoms with E-state index in [-0.39, 0.29) is 12.5 Å². The molecule has 2 aromatic heterocycles. The molecule has 118 valence electrons. The van der Waals surface area contributed by atoms with E-state index < -0.39 is 5.54 Å². The molecule has 1 unspecified atom stereocenters. The van der Waals surface area contributed by atoms with Gasteiger partial charge in [0, 0.05) is 18.3 Å². The summed E-state index contributed by atoms with van der Waals surface area (Å²) in [5.41, 5.74) is 0.827. The largest absolute Gasteiger partial charge is 0.396 e. The molecule has 1 amide bonds. The van der Waals surface area contributed by atoms with Gasteiger partial charge in [0.05, 0.1) is 17.5 Å². The summed E-state index contributed by atoms with van der Waals surface area (Å²) in [4.78, 5) is 16.7. The van der Waals surface area contributed by atoms with E-state index in [4.69, 9.17) is 5.11 Å². The number of rotatable bonds is 6. The van der Waals surface area contributed by atoms with Gasteiger partial charge in [-0.25, -0.2) is 9.67 Å². The summed E-state index contributed by atoms with van der Waals surface area (Å²) in [6, 6.07) is 5.54. The highest BCUT2D eigenvalue weighted by atomic mass is 16.3. The Labute approximate surface area is 130 Å². The molecule has 2 rings (SSSR count). The van der Waals surface area contributed by atoms with Crippen LogP contribution in [0, 0.1) is 6.92 Å². The van der Waals surface area contributed by atoms with E-state index in [9.17, 15) is 4.79 Å². The zero-order valence-corrected chi connectivity index (χ0v) is 13.2. The third-order valence-electron chi connectivity index (χ3n) is 3.98. The Kier molecular flexibility index (Phi) is 4.92. The van der Waals surface area contributed by atoms with Gasteiger partial charge in [-0.2, -0.15) is 5.10 Å². The maximum atomic E-state index is 12.5. The molecule has 0 aliphatic carbocycles. The Bertz CT molecular complexity index is 639. The topological polar surface area (TPSA) is 80.0 Å². The minimum atomic E-state index is -0.425. The van der Waals surface area contributed by atoms with Crippen molar-refractivity contribution >= 4 is 5.91 Å². The number of aliphatic hydroxyl groups is 1. The van der Waals surface area contributed by atoms with Gasteiger partial charge in [-0.3, -0.25) is 4.79 Å². The molecule has 0 spiro atoms. The van der Waals surface area contributed by atoms with Crippen LogP contribution in [0.5, 0.6) is 0 Å². The normalized spacial score (nSPS) is 13.6. The highest BCUT2D eigenvalue weighted by Gasteiger charge is 2.26. The highest BCUT2D eigenvalue weighted by Crippen LogP contribution is 2.17. The van der Waals surface area contributed by atoms with E-state index in [1.807, 2.05) is 39.0 Å². The molecular formula is C16H22N4O2. The number of amides is 1. The van der Waals surface area contributed by atoms with Crippen LogP contribution in [0.25, 0.3) is 5.82 Å². The van der Waals surface area contributed by atoms with Crippen molar-refractivity contribution in [3.63, 3.8) is 0 Å². The minimum Gasteiger partial charge on any atom is -0.396 e. The first-order valence-corrected chi connectivity index (χ1v) is 7.40. The Balaban J connectivity index is 2.23. The summed E-state index contributed by atoms with van der Waals surface area (Å²) in [5, 5.41) is 16.4. The van der Waals surface area contributed by atoms with Crippen LogP contribution >= 0.6 is 0 Å². The first-order valence-electron chi connectivity index (χ1n) is 7.40. The molecule has 2 N–H and O–H groups in total. The Morgan fingerprint density at radius 1 is 1.45 bits per heavy atom. The van der Waals surface area contributed by atoms with Crippen LogP contribution in [0.4, 0.5) is 0 Å². The first kappa shape index (κ1) is 16.2. The van der Waals surface area contributed by atoms with Crippen LogP contribution in [0.3, 0.4) is 0 Å². The zero-order valence-electron chi connectivity index (χ0n) is 13.2. The third kappa shape index (κ3) is 3.33. The van der Waals surface area contributed by atoms with Crippen LogP contribution < -0.4 is 5.32 Å². The number of carbonyl (C=O) groups excluding carboxylic acids is 1. The Morgan fingerprint density at radius 2 is 2.23 bits per heavy atom. The van der Waals surface area contributed by atoms with Crippen molar-refractivity contribution in [2.45, 2.75) is 39.2 Å². The quantitative estimate of drug-likeness (QED) is 0.853. The average Bonchev–Trinajstić information content (AvgIpc) is 2.90. The maximum Gasteiger partial charge on any atom is 0.255 e. The Hall–Kier alpha value is -2.21. The lowest BCUT2D eigenvalue weighted by atomic mass is 9.94. The predicted molar refractivity (Wildman–Crippen MR) is 84.0 cm³/mol. The molecule has 22 heavy (non-hydrogen) atoms. The Morgan fingerprint density at radius 3 is 2.82 bits per heavy atom. The number of aromatic nitrogens is 3. The highest BCUT2D eigenvalue weighted by molar-refractivity contribution is 5.95. The van der Waals surface area contributed by atoms with Crippen molar-refractivity contribution in [2.75, 3.05) is 6.61 Å². The van der Waals surface area contributed by atoms with Crippen molar-refractivity contribution in [3.05, 3.63) is 41.9 Å². The van der Waals surface area contributed by atoms with Gasteiger partial charge in [-0.15, -0.1) is 0 Å². The number of hydrogen-bond donors (Lipinski definition) is 2. The first-order chi connectivity index (χ1) is 10.5. The summed E-state index contributed by atoms with van der Waals surface area (Å²) in [5.74, 6) is 0.491. The predicted octanol–water partition coefficient (Wildman–Crippen LogP) is 1.86. The van der Waals surface area contributed by atoms with Crippen LogP contribution in [-0.4, -0.2) is 37.9 Å². The van der Waals surface area contributed by atoms with Crippen LogP contribution in [-0.2, 0) is 0 Å². The van der Waals surface area contributed by atoms with Crippen LogP contribution in [0.2, 0.25) is 0 Å². The number of hydrogen-bond acceptors (Lipinski definition) is 4. The molecule has 0 aliphatic rings. The average molecular weight is 302 g/mol. The number of nitrogens with zero attached hydrogens (tertiary/aromatic N) is 3. The molecule has 0 saturated heterocycles. The summed E-state index contributed by atoms with van der Waals surface area (Å²) >= 11 is 0. The summed E-state index contributed by atoms with van der Waals surface area (Å²) in [7, 11) is 0. The molecule has 0 fully saturated rings. The second kappa shape index (κ2) is 6.70. The SMILES string of the molecule is CCC(C)(CCO)NC(=O)c1cnn(-c2ccccn2)c1C. The zero-order chi connectivity index (χ0) is 16.2. The fourth-order valence-corrected chi connectivity index (χ4v) is 2.26. The molecule has 0 bridgehead atoms. The fraction of sp³-hybridized carbons (Fsp3) is 0.438. The van der Waals surface area contributed by atoms with Gasteiger partial charge in [0.25, 0.3) is 5.91 Å². The second-order valence-electron chi connectivity index (χ2n) is 5.59. The molecule has 0 saturated carbocycles. The lowest BCUT2D eigenvalue weighted by molar-refractivity contribution is 0.0885. The second-order valence-corrected chi connectivity index (χ2v) is 5.59. The molecule has 6 nitrogen and oxygen atoms in total. The van der Waals surface area contributed by atoms with Gasteiger partial charge >= 0.3 is 0 Å². The summed E-state index contributed by atoms with van der Waals surface area (Å²) in [6.45, 7) is 5.79. The van der Waals surface area contributed by atoms with Crippen molar-refractivity contribution in [2.24, 2.45) is 0 Å². The minimum absolute atomic E-state index is 0.0385. The lowest BCUT2D eigenvalue weighted by Crippen LogP contribution is -2.46. The molecule has 2 aromatic rings. The monoisotopic (exact) mass is 302 g/mol. The molecule has 1 atom stereocenters.